The Morgan fingerprint density at radius 3 is 2.80 bits per heavy atom. The van der Waals surface area contributed by atoms with E-state index in [1.54, 1.807) is 29.8 Å². The lowest BCUT2D eigenvalue weighted by atomic mass is 10.1. The van der Waals surface area contributed by atoms with E-state index in [2.05, 4.69) is 39.3 Å². The number of aromatic nitrogens is 3. The molecule has 0 saturated carbocycles. The van der Waals surface area contributed by atoms with Crippen LogP contribution in [0.1, 0.15) is 5.56 Å². The summed E-state index contributed by atoms with van der Waals surface area (Å²) in [5, 5.41) is 13.9. The SMILES string of the molecule is Cc1c(-c2ccnc(N)n2)sc2ccc(Nc3cncc(O)c3)cc12. The fraction of sp³-hybridized carbons (Fsp3) is 0.0556. The van der Waals surface area contributed by atoms with Gasteiger partial charge in [-0.2, -0.15) is 0 Å². The van der Waals surface area contributed by atoms with E-state index in [0.29, 0.717) is 0 Å². The molecule has 0 spiro atoms. The molecule has 1 aromatic carbocycles. The van der Waals surface area contributed by atoms with Crippen molar-refractivity contribution in [2.45, 2.75) is 6.92 Å². The number of rotatable bonds is 3. The molecule has 7 heteroatoms. The summed E-state index contributed by atoms with van der Waals surface area (Å²) in [6.45, 7) is 2.08. The van der Waals surface area contributed by atoms with Gasteiger partial charge in [0.1, 0.15) is 5.75 Å². The summed E-state index contributed by atoms with van der Waals surface area (Å²) in [6, 6.07) is 9.65. The molecule has 4 rings (SSSR count). The molecule has 0 amide bonds. The Morgan fingerprint density at radius 2 is 2.00 bits per heavy atom. The number of anilines is 3. The first-order valence-electron chi connectivity index (χ1n) is 7.63. The van der Waals surface area contributed by atoms with E-state index >= 15 is 0 Å². The zero-order valence-corrected chi connectivity index (χ0v) is 14.2. The molecule has 3 heterocycles. The highest BCUT2D eigenvalue weighted by Gasteiger charge is 2.12. The molecule has 124 valence electrons. The van der Waals surface area contributed by atoms with Gasteiger partial charge in [0.2, 0.25) is 5.95 Å². The van der Waals surface area contributed by atoms with Gasteiger partial charge in [0.25, 0.3) is 0 Å². The second-order valence-corrected chi connectivity index (χ2v) is 6.68. The van der Waals surface area contributed by atoms with Crippen molar-refractivity contribution in [3.8, 4) is 16.3 Å². The van der Waals surface area contributed by atoms with Gasteiger partial charge in [0, 0.05) is 22.7 Å². The largest absolute Gasteiger partial charge is 0.506 e. The van der Waals surface area contributed by atoms with Crippen LogP contribution in [0, 0.1) is 6.92 Å². The number of nitrogen functional groups attached to an aromatic ring is 1. The smallest absolute Gasteiger partial charge is 0.220 e. The number of hydrogen-bond donors (Lipinski definition) is 3. The first kappa shape index (κ1) is 15.3. The Kier molecular flexibility index (Phi) is 3.70. The monoisotopic (exact) mass is 349 g/mol. The number of pyridine rings is 1. The highest BCUT2D eigenvalue weighted by atomic mass is 32.1. The van der Waals surface area contributed by atoms with Crippen LogP contribution in [0.25, 0.3) is 20.7 Å². The van der Waals surface area contributed by atoms with E-state index in [1.807, 2.05) is 12.1 Å². The molecule has 4 N–H and O–H groups in total. The van der Waals surface area contributed by atoms with Crippen LogP contribution < -0.4 is 11.1 Å². The minimum absolute atomic E-state index is 0.126. The van der Waals surface area contributed by atoms with Gasteiger partial charge in [-0.05, 0) is 42.1 Å². The third-order valence-corrected chi connectivity index (χ3v) is 5.15. The summed E-state index contributed by atoms with van der Waals surface area (Å²) < 4.78 is 1.17. The molecule has 0 aliphatic rings. The number of thiophene rings is 1. The van der Waals surface area contributed by atoms with Crippen molar-refractivity contribution >= 4 is 38.7 Å². The molecular formula is C18H15N5OS. The number of aryl methyl sites for hydroxylation is 1. The highest BCUT2D eigenvalue weighted by molar-refractivity contribution is 7.22. The minimum atomic E-state index is 0.126. The molecule has 3 aromatic heterocycles. The highest BCUT2D eigenvalue weighted by Crippen LogP contribution is 2.38. The maximum Gasteiger partial charge on any atom is 0.220 e. The molecule has 0 bridgehead atoms. The summed E-state index contributed by atoms with van der Waals surface area (Å²) >= 11 is 1.68. The molecule has 0 fully saturated rings. The van der Waals surface area contributed by atoms with Crippen molar-refractivity contribution in [2.24, 2.45) is 0 Å². The number of aromatic hydroxyl groups is 1. The summed E-state index contributed by atoms with van der Waals surface area (Å²) in [5.41, 5.74) is 9.35. The Bertz CT molecular complexity index is 1080. The first-order chi connectivity index (χ1) is 12.1. The van der Waals surface area contributed by atoms with E-state index in [9.17, 15) is 5.11 Å². The normalized spacial score (nSPS) is 10.9. The van der Waals surface area contributed by atoms with Gasteiger partial charge in [-0.15, -0.1) is 11.3 Å². The predicted octanol–water partition coefficient (Wildman–Crippen LogP) is 4.09. The molecule has 0 unspecified atom stereocenters. The van der Waals surface area contributed by atoms with E-state index in [1.165, 1.54) is 10.9 Å². The number of fused-ring (bicyclic) bond motifs is 1. The Balaban J connectivity index is 1.75. The van der Waals surface area contributed by atoms with Gasteiger partial charge in [-0.3, -0.25) is 4.98 Å². The fourth-order valence-electron chi connectivity index (χ4n) is 2.71. The standard InChI is InChI=1S/C18H15N5OS/c1-10-14-7-11(22-12-6-13(24)9-20-8-12)2-3-16(14)25-17(10)15-4-5-21-18(19)23-15/h2-9,22,24H,1H3,(H2,19,21,23). The van der Waals surface area contributed by atoms with Crippen molar-refractivity contribution in [1.82, 2.24) is 15.0 Å². The minimum Gasteiger partial charge on any atom is -0.506 e. The summed E-state index contributed by atoms with van der Waals surface area (Å²) in [6.07, 6.45) is 4.74. The number of hydrogen-bond acceptors (Lipinski definition) is 7. The Hall–Kier alpha value is -3.19. The van der Waals surface area contributed by atoms with Crippen LogP contribution in [0.4, 0.5) is 17.3 Å². The van der Waals surface area contributed by atoms with Crippen molar-refractivity contribution in [3.05, 3.63) is 54.5 Å². The Morgan fingerprint density at radius 1 is 1.12 bits per heavy atom. The molecule has 25 heavy (non-hydrogen) atoms. The van der Waals surface area contributed by atoms with Gasteiger partial charge in [-0.25, -0.2) is 9.97 Å². The summed E-state index contributed by atoms with van der Waals surface area (Å²) in [5.74, 6) is 0.398. The molecule has 0 aliphatic carbocycles. The average molecular weight is 349 g/mol. The number of nitrogens with two attached hydrogens (primary N) is 1. The third kappa shape index (κ3) is 2.97. The van der Waals surface area contributed by atoms with Crippen LogP contribution in [-0.2, 0) is 0 Å². The molecule has 0 aliphatic heterocycles. The lowest BCUT2D eigenvalue weighted by Crippen LogP contribution is -1.94. The van der Waals surface area contributed by atoms with Gasteiger partial charge in [-0.1, -0.05) is 0 Å². The molecule has 0 saturated heterocycles. The first-order valence-corrected chi connectivity index (χ1v) is 8.45. The van der Waals surface area contributed by atoms with Crippen molar-refractivity contribution in [1.29, 1.82) is 0 Å². The molecular weight excluding hydrogens is 334 g/mol. The van der Waals surface area contributed by atoms with Crippen LogP contribution in [0.5, 0.6) is 5.75 Å². The fourth-order valence-corrected chi connectivity index (χ4v) is 3.87. The van der Waals surface area contributed by atoms with Gasteiger partial charge in [0.15, 0.2) is 0 Å². The van der Waals surface area contributed by atoms with Crippen LogP contribution in [0.2, 0.25) is 0 Å². The van der Waals surface area contributed by atoms with Crippen molar-refractivity contribution < 1.29 is 5.11 Å². The zero-order chi connectivity index (χ0) is 17.4. The van der Waals surface area contributed by atoms with E-state index in [-0.39, 0.29) is 11.7 Å². The average Bonchev–Trinajstić information content (AvgIpc) is 2.92. The second kappa shape index (κ2) is 6.03. The predicted molar refractivity (Wildman–Crippen MR) is 101 cm³/mol. The Labute approximate surface area is 148 Å². The van der Waals surface area contributed by atoms with Gasteiger partial charge < -0.3 is 16.2 Å². The molecule has 6 nitrogen and oxygen atoms in total. The lowest BCUT2D eigenvalue weighted by molar-refractivity contribution is 0.473. The van der Waals surface area contributed by atoms with Gasteiger partial charge >= 0.3 is 0 Å². The second-order valence-electron chi connectivity index (χ2n) is 5.62. The lowest BCUT2D eigenvalue weighted by Gasteiger charge is -2.06. The number of benzene rings is 1. The molecule has 0 radical (unpaired) electrons. The van der Waals surface area contributed by atoms with Crippen LogP contribution in [-0.4, -0.2) is 20.1 Å². The van der Waals surface area contributed by atoms with E-state index in [0.717, 1.165) is 32.9 Å². The van der Waals surface area contributed by atoms with Crippen LogP contribution in [0.3, 0.4) is 0 Å². The van der Waals surface area contributed by atoms with Crippen molar-refractivity contribution in [3.63, 3.8) is 0 Å². The van der Waals surface area contributed by atoms with Crippen LogP contribution >= 0.6 is 11.3 Å². The quantitative estimate of drug-likeness (QED) is 0.515. The molecule has 0 atom stereocenters. The van der Waals surface area contributed by atoms with Crippen LogP contribution in [0.15, 0.2) is 48.9 Å². The topological polar surface area (TPSA) is 97.0 Å². The van der Waals surface area contributed by atoms with E-state index in [4.69, 9.17) is 5.73 Å². The maximum absolute atomic E-state index is 9.54. The third-order valence-electron chi connectivity index (χ3n) is 3.86. The van der Waals surface area contributed by atoms with E-state index < -0.39 is 0 Å². The van der Waals surface area contributed by atoms with Gasteiger partial charge in [0.05, 0.1) is 28.7 Å². The number of nitrogens with zero attached hydrogens (tertiary/aromatic N) is 3. The van der Waals surface area contributed by atoms with Crippen molar-refractivity contribution in [2.75, 3.05) is 11.1 Å². The maximum atomic E-state index is 9.54. The zero-order valence-electron chi connectivity index (χ0n) is 13.4. The molecule has 4 aromatic rings. The number of nitrogens with one attached hydrogen (secondary N) is 1. The summed E-state index contributed by atoms with van der Waals surface area (Å²) in [7, 11) is 0. The summed E-state index contributed by atoms with van der Waals surface area (Å²) in [4.78, 5) is 13.3.